The minimum Gasteiger partial charge on any atom is -0.497 e. The Kier molecular flexibility index (Phi) is 4.03. The molecule has 0 spiro atoms. The van der Waals surface area contributed by atoms with Gasteiger partial charge in [0.15, 0.2) is 0 Å². The van der Waals surface area contributed by atoms with Crippen LogP contribution in [0.4, 0.5) is 5.69 Å². The molecular formula is C15H20N2O. The summed E-state index contributed by atoms with van der Waals surface area (Å²) < 4.78 is 5.26. The Bertz CT molecular complexity index is 477. The highest BCUT2D eigenvalue weighted by Crippen LogP contribution is 2.31. The van der Waals surface area contributed by atoms with Crippen molar-refractivity contribution in [1.29, 1.82) is 0 Å². The lowest BCUT2D eigenvalue weighted by Crippen LogP contribution is -2.22. The van der Waals surface area contributed by atoms with Crippen molar-refractivity contribution in [3.63, 3.8) is 0 Å². The molecule has 3 heteroatoms. The molecule has 1 heterocycles. The van der Waals surface area contributed by atoms with Gasteiger partial charge in [0.25, 0.3) is 0 Å². The van der Waals surface area contributed by atoms with Crippen molar-refractivity contribution in [3.8, 4) is 5.75 Å². The third kappa shape index (κ3) is 2.73. The van der Waals surface area contributed by atoms with Crippen LogP contribution in [0.3, 0.4) is 0 Å². The predicted molar refractivity (Wildman–Crippen MR) is 76.8 cm³/mol. The van der Waals surface area contributed by atoms with Gasteiger partial charge < -0.3 is 9.64 Å². The van der Waals surface area contributed by atoms with E-state index >= 15 is 0 Å². The molecule has 18 heavy (non-hydrogen) atoms. The standard InChI is InChI=1S/C15H20N2O/c1-4-16-10-12(2)11-17-8-7-13-9-14(18-3)5-6-15(13)17/h4-6,9-10H,7-8,11H2,1-3H3/b12-10+,16-4?. The zero-order valence-electron chi connectivity index (χ0n) is 11.3. The smallest absolute Gasteiger partial charge is 0.119 e. The lowest BCUT2D eigenvalue weighted by Gasteiger charge is -2.19. The fraction of sp³-hybridized carbons (Fsp3) is 0.400. The van der Waals surface area contributed by atoms with Crippen LogP contribution in [0.25, 0.3) is 0 Å². The molecule has 0 amide bonds. The number of ether oxygens (including phenoxy) is 1. The van der Waals surface area contributed by atoms with E-state index in [4.69, 9.17) is 4.74 Å². The van der Waals surface area contributed by atoms with Gasteiger partial charge in [-0.05, 0) is 49.6 Å². The number of fused-ring (bicyclic) bond motifs is 1. The second-order valence-corrected chi connectivity index (χ2v) is 4.55. The van der Waals surface area contributed by atoms with Gasteiger partial charge in [0.1, 0.15) is 5.75 Å². The van der Waals surface area contributed by atoms with E-state index in [0.29, 0.717) is 0 Å². The number of hydrogen-bond donors (Lipinski definition) is 0. The van der Waals surface area contributed by atoms with Crippen LogP contribution in [-0.4, -0.2) is 26.4 Å². The van der Waals surface area contributed by atoms with Crippen molar-refractivity contribution in [3.05, 3.63) is 35.5 Å². The van der Waals surface area contributed by atoms with Crippen LogP contribution >= 0.6 is 0 Å². The molecule has 0 saturated heterocycles. The first-order valence-corrected chi connectivity index (χ1v) is 6.30. The van der Waals surface area contributed by atoms with E-state index in [2.05, 4.69) is 28.9 Å². The lowest BCUT2D eigenvalue weighted by molar-refractivity contribution is 0.414. The van der Waals surface area contributed by atoms with Gasteiger partial charge >= 0.3 is 0 Å². The third-order valence-corrected chi connectivity index (χ3v) is 3.16. The summed E-state index contributed by atoms with van der Waals surface area (Å²) >= 11 is 0. The SMILES string of the molecule is CC=N/C=C(\C)CN1CCc2cc(OC)ccc21. The fourth-order valence-electron chi connectivity index (χ4n) is 2.28. The number of anilines is 1. The van der Waals surface area contributed by atoms with Crippen LogP contribution < -0.4 is 9.64 Å². The third-order valence-electron chi connectivity index (χ3n) is 3.16. The minimum absolute atomic E-state index is 0.941. The number of nitrogens with zero attached hydrogens (tertiary/aromatic N) is 2. The highest BCUT2D eigenvalue weighted by molar-refractivity contribution is 5.61. The van der Waals surface area contributed by atoms with Gasteiger partial charge in [-0.1, -0.05) is 0 Å². The molecule has 0 N–H and O–H groups in total. The van der Waals surface area contributed by atoms with E-state index in [9.17, 15) is 0 Å². The average Bonchev–Trinajstić information content (AvgIpc) is 2.78. The molecule has 0 saturated carbocycles. The molecule has 1 aliphatic heterocycles. The van der Waals surface area contributed by atoms with E-state index < -0.39 is 0 Å². The van der Waals surface area contributed by atoms with Crippen molar-refractivity contribution >= 4 is 11.9 Å². The highest BCUT2D eigenvalue weighted by atomic mass is 16.5. The Balaban J connectivity index is 2.12. The molecule has 1 aliphatic rings. The van der Waals surface area contributed by atoms with Crippen LogP contribution in [0.1, 0.15) is 19.4 Å². The van der Waals surface area contributed by atoms with Crippen LogP contribution in [0.15, 0.2) is 35.0 Å². The quantitative estimate of drug-likeness (QED) is 0.760. The lowest BCUT2D eigenvalue weighted by atomic mass is 10.1. The number of hydrogen-bond acceptors (Lipinski definition) is 3. The van der Waals surface area contributed by atoms with Crippen LogP contribution in [0.5, 0.6) is 5.75 Å². The molecule has 2 rings (SSSR count). The minimum atomic E-state index is 0.941. The summed E-state index contributed by atoms with van der Waals surface area (Å²) in [5.41, 5.74) is 3.97. The molecule has 0 bridgehead atoms. The normalized spacial score (nSPS) is 15.3. The number of rotatable bonds is 4. The predicted octanol–water partition coefficient (Wildman–Crippen LogP) is 3.05. The first kappa shape index (κ1) is 12.7. The Labute approximate surface area is 109 Å². The number of benzene rings is 1. The van der Waals surface area contributed by atoms with Crippen molar-refractivity contribution < 1.29 is 4.74 Å². The Morgan fingerprint density at radius 1 is 1.50 bits per heavy atom. The largest absolute Gasteiger partial charge is 0.497 e. The summed E-state index contributed by atoms with van der Waals surface area (Å²) in [7, 11) is 1.71. The van der Waals surface area contributed by atoms with Gasteiger partial charge in [-0.25, -0.2) is 0 Å². The van der Waals surface area contributed by atoms with E-state index in [-0.39, 0.29) is 0 Å². The molecular weight excluding hydrogens is 224 g/mol. The topological polar surface area (TPSA) is 24.8 Å². The Hall–Kier alpha value is -1.77. The molecule has 0 aliphatic carbocycles. The van der Waals surface area contributed by atoms with Crippen LogP contribution in [-0.2, 0) is 6.42 Å². The number of aliphatic imine (C=N–C) groups is 1. The average molecular weight is 244 g/mol. The molecule has 96 valence electrons. The molecule has 0 radical (unpaired) electrons. The molecule has 0 fully saturated rings. The van der Waals surface area contributed by atoms with Crippen molar-refractivity contribution in [2.24, 2.45) is 4.99 Å². The summed E-state index contributed by atoms with van der Waals surface area (Å²) in [6, 6.07) is 6.32. The fourth-order valence-corrected chi connectivity index (χ4v) is 2.28. The van der Waals surface area contributed by atoms with Gasteiger partial charge in [0, 0.05) is 31.2 Å². The number of methoxy groups -OCH3 is 1. The summed E-state index contributed by atoms with van der Waals surface area (Å²) in [6.07, 6.45) is 4.84. The van der Waals surface area contributed by atoms with Crippen LogP contribution in [0.2, 0.25) is 0 Å². The molecule has 0 aromatic heterocycles. The second kappa shape index (κ2) is 5.71. The van der Waals surface area contributed by atoms with Gasteiger partial charge in [-0.15, -0.1) is 0 Å². The summed E-state index contributed by atoms with van der Waals surface area (Å²) in [5.74, 6) is 0.943. The zero-order valence-corrected chi connectivity index (χ0v) is 11.3. The highest BCUT2D eigenvalue weighted by Gasteiger charge is 2.19. The summed E-state index contributed by atoms with van der Waals surface area (Å²) in [4.78, 5) is 6.56. The first-order valence-electron chi connectivity index (χ1n) is 6.30. The first-order chi connectivity index (χ1) is 8.74. The van der Waals surface area contributed by atoms with Gasteiger partial charge in [-0.2, -0.15) is 0 Å². The molecule has 1 aromatic carbocycles. The maximum Gasteiger partial charge on any atom is 0.119 e. The molecule has 0 unspecified atom stereocenters. The monoisotopic (exact) mass is 244 g/mol. The van der Waals surface area contributed by atoms with Gasteiger partial charge in [0.05, 0.1) is 7.11 Å². The van der Waals surface area contributed by atoms with E-state index in [0.717, 1.165) is 25.3 Å². The van der Waals surface area contributed by atoms with Gasteiger partial charge in [0.2, 0.25) is 0 Å². The van der Waals surface area contributed by atoms with E-state index in [1.807, 2.05) is 25.4 Å². The summed E-state index contributed by atoms with van der Waals surface area (Å²) in [5, 5.41) is 0. The molecule has 1 aromatic rings. The van der Waals surface area contributed by atoms with Crippen molar-refractivity contribution in [1.82, 2.24) is 0 Å². The van der Waals surface area contributed by atoms with Gasteiger partial charge in [-0.3, -0.25) is 4.99 Å². The van der Waals surface area contributed by atoms with Crippen molar-refractivity contribution in [2.75, 3.05) is 25.1 Å². The molecule has 3 nitrogen and oxygen atoms in total. The second-order valence-electron chi connectivity index (χ2n) is 4.55. The zero-order chi connectivity index (χ0) is 13.0. The maximum atomic E-state index is 5.26. The van der Waals surface area contributed by atoms with E-state index in [1.165, 1.54) is 16.8 Å². The Morgan fingerprint density at radius 2 is 2.33 bits per heavy atom. The molecule has 0 atom stereocenters. The van der Waals surface area contributed by atoms with E-state index in [1.54, 1.807) is 7.11 Å². The van der Waals surface area contributed by atoms with Crippen molar-refractivity contribution in [2.45, 2.75) is 20.3 Å². The summed E-state index contributed by atoms with van der Waals surface area (Å²) in [6.45, 7) is 6.07. The Morgan fingerprint density at radius 3 is 3.06 bits per heavy atom. The maximum absolute atomic E-state index is 5.26. The van der Waals surface area contributed by atoms with Crippen LogP contribution in [0, 0.1) is 0 Å².